The maximum Gasteiger partial charge on any atom is 0.310 e. The molecule has 1 aliphatic rings. The first kappa shape index (κ1) is 15.6. The molecular weight excluding hydrogens is 322 g/mol. The Morgan fingerprint density at radius 1 is 1.60 bits per heavy atom. The Hall–Kier alpha value is -0.810. The average Bonchev–Trinajstić information content (AvgIpc) is 2.85. The largest absolute Gasteiger partial charge is 0.481 e. The highest BCUT2D eigenvalue weighted by Crippen LogP contribution is 2.38. The zero-order valence-electron chi connectivity index (χ0n) is 12.1. The van der Waals surface area contributed by atoms with Gasteiger partial charge in [-0.2, -0.15) is 0 Å². The molecule has 0 saturated carbocycles. The summed E-state index contributed by atoms with van der Waals surface area (Å²) >= 11 is 3.32. The van der Waals surface area contributed by atoms with Gasteiger partial charge in [0.05, 0.1) is 11.5 Å². The van der Waals surface area contributed by atoms with Gasteiger partial charge in [-0.05, 0) is 60.8 Å². The lowest BCUT2D eigenvalue weighted by molar-refractivity contribution is -0.154. The molecule has 2 unspecified atom stereocenters. The van der Waals surface area contributed by atoms with Crippen LogP contribution in [0.4, 0.5) is 0 Å². The number of aliphatic carboxylic acids is 1. The minimum atomic E-state index is -0.656. The average molecular weight is 344 g/mol. The molecule has 2 atom stereocenters. The Labute approximate surface area is 128 Å². The van der Waals surface area contributed by atoms with Crippen molar-refractivity contribution >= 4 is 21.9 Å². The highest BCUT2D eigenvalue weighted by molar-refractivity contribution is 9.10. The Morgan fingerprint density at radius 3 is 2.90 bits per heavy atom. The number of likely N-dealkylation sites (tertiary alicyclic amines) is 1. The van der Waals surface area contributed by atoms with E-state index in [0.717, 1.165) is 42.7 Å². The molecular formula is C15H22BrNO3. The van der Waals surface area contributed by atoms with Crippen molar-refractivity contribution in [1.82, 2.24) is 4.90 Å². The van der Waals surface area contributed by atoms with Crippen molar-refractivity contribution in [2.75, 3.05) is 13.1 Å². The molecule has 1 aromatic heterocycles. The molecule has 1 aliphatic heterocycles. The van der Waals surface area contributed by atoms with Gasteiger partial charge in [-0.1, -0.05) is 13.3 Å². The quantitative estimate of drug-likeness (QED) is 0.875. The van der Waals surface area contributed by atoms with E-state index in [1.807, 2.05) is 12.1 Å². The summed E-state index contributed by atoms with van der Waals surface area (Å²) in [5.74, 6) is 0.228. The molecule has 0 aliphatic carbocycles. The van der Waals surface area contributed by atoms with Crippen molar-refractivity contribution in [1.29, 1.82) is 0 Å². The van der Waals surface area contributed by atoms with Crippen molar-refractivity contribution in [3.8, 4) is 0 Å². The Bertz CT molecular complexity index is 469. The Balaban J connectivity index is 2.15. The minimum Gasteiger partial charge on any atom is -0.481 e. The zero-order valence-corrected chi connectivity index (χ0v) is 13.6. The summed E-state index contributed by atoms with van der Waals surface area (Å²) in [4.78, 5) is 14.0. The number of nitrogens with zero attached hydrogens (tertiary/aromatic N) is 1. The number of halogens is 1. The molecule has 2 rings (SSSR count). The highest BCUT2D eigenvalue weighted by atomic mass is 79.9. The molecule has 0 aromatic carbocycles. The van der Waals surface area contributed by atoms with E-state index < -0.39 is 11.4 Å². The number of hydrogen-bond donors (Lipinski definition) is 1. The SMILES string of the molecule is CCCC1(C(=O)O)CCCN(C(C)c2ccc(Br)o2)C1. The van der Waals surface area contributed by atoms with Crippen LogP contribution in [0.1, 0.15) is 51.3 Å². The monoisotopic (exact) mass is 343 g/mol. The second-order valence-corrected chi connectivity index (χ2v) is 6.51. The van der Waals surface area contributed by atoms with Crippen molar-refractivity contribution < 1.29 is 14.3 Å². The standard InChI is InChI=1S/C15H22BrNO3/c1-3-7-15(14(18)19)8-4-9-17(10-15)11(2)12-5-6-13(16)20-12/h5-6,11H,3-4,7-10H2,1-2H3,(H,18,19). The van der Waals surface area contributed by atoms with Gasteiger partial charge in [0.2, 0.25) is 0 Å². The first-order chi connectivity index (χ1) is 9.48. The zero-order chi connectivity index (χ0) is 14.8. The minimum absolute atomic E-state index is 0.109. The molecule has 0 radical (unpaired) electrons. The molecule has 0 bridgehead atoms. The van der Waals surface area contributed by atoms with Crippen LogP contribution in [0.2, 0.25) is 0 Å². The van der Waals surface area contributed by atoms with E-state index in [1.54, 1.807) is 0 Å². The number of carboxylic acids is 1. The molecule has 20 heavy (non-hydrogen) atoms. The van der Waals surface area contributed by atoms with E-state index in [-0.39, 0.29) is 6.04 Å². The van der Waals surface area contributed by atoms with Crippen LogP contribution >= 0.6 is 15.9 Å². The van der Waals surface area contributed by atoms with Crippen LogP contribution in [0.3, 0.4) is 0 Å². The number of piperidine rings is 1. The maximum absolute atomic E-state index is 11.7. The first-order valence-electron chi connectivity index (χ1n) is 7.21. The predicted molar refractivity (Wildman–Crippen MR) is 80.6 cm³/mol. The summed E-state index contributed by atoms with van der Waals surface area (Å²) in [5, 5.41) is 9.64. The molecule has 112 valence electrons. The number of rotatable bonds is 5. The van der Waals surface area contributed by atoms with Gasteiger partial charge < -0.3 is 9.52 Å². The second-order valence-electron chi connectivity index (χ2n) is 5.73. The van der Waals surface area contributed by atoms with Gasteiger partial charge in [-0.3, -0.25) is 9.69 Å². The van der Waals surface area contributed by atoms with E-state index in [9.17, 15) is 9.90 Å². The lowest BCUT2D eigenvalue weighted by Crippen LogP contribution is -2.48. The lowest BCUT2D eigenvalue weighted by Gasteiger charge is -2.42. The number of carboxylic acid groups (broad SMARTS) is 1. The molecule has 5 heteroatoms. The Morgan fingerprint density at radius 2 is 2.35 bits per heavy atom. The van der Waals surface area contributed by atoms with Gasteiger partial charge in [0.15, 0.2) is 4.67 Å². The smallest absolute Gasteiger partial charge is 0.310 e. The fourth-order valence-electron chi connectivity index (χ4n) is 3.19. The van der Waals surface area contributed by atoms with Crippen LogP contribution in [-0.4, -0.2) is 29.1 Å². The molecule has 1 N–H and O–H groups in total. The van der Waals surface area contributed by atoms with Crippen molar-refractivity contribution in [3.05, 3.63) is 22.6 Å². The topological polar surface area (TPSA) is 53.7 Å². The summed E-state index contributed by atoms with van der Waals surface area (Å²) in [6.45, 7) is 5.67. The maximum atomic E-state index is 11.7. The van der Waals surface area contributed by atoms with Gasteiger partial charge in [-0.15, -0.1) is 0 Å². The van der Waals surface area contributed by atoms with Gasteiger partial charge in [0.1, 0.15) is 5.76 Å². The third kappa shape index (κ3) is 3.09. The van der Waals surface area contributed by atoms with E-state index in [2.05, 4.69) is 34.7 Å². The molecule has 1 saturated heterocycles. The predicted octanol–water partition coefficient (Wildman–Crippen LogP) is 4.07. The van der Waals surface area contributed by atoms with Crippen LogP contribution in [0, 0.1) is 5.41 Å². The normalized spacial score (nSPS) is 25.6. The van der Waals surface area contributed by atoms with Crippen LogP contribution in [-0.2, 0) is 4.79 Å². The van der Waals surface area contributed by atoms with Gasteiger partial charge in [0.25, 0.3) is 0 Å². The van der Waals surface area contributed by atoms with Crippen molar-refractivity contribution in [3.63, 3.8) is 0 Å². The number of hydrogen-bond acceptors (Lipinski definition) is 3. The molecule has 0 amide bonds. The summed E-state index contributed by atoms with van der Waals surface area (Å²) in [6.07, 6.45) is 3.36. The van der Waals surface area contributed by atoms with E-state index >= 15 is 0 Å². The van der Waals surface area contributed by atoms with Crippen LogP contribution in [0.5, 0.6) is 0 Å². The van der Waals surface area contributed by atoms with Crippen LogP contribution in [0.25, 0.3) is 0 Å². The summed E-state index contributed by atoms with van der Waals surface area (Å²) in [6, 6.07) is 3.94. The molecule has 0 spiro atoms. The first-order valence-corrected chi connectivity index (χ1v) is 8.00. The number of furan rings is 1. The summed E-state index contributed by atoms with van der Waals surface area (Å²) in [7, 11) is 0. The highest BCUT2D eigenvalue weighted by Gasteiger charge is 2.42. The Kier molecular flexibility index (Phi) is 4.91. The lowest BCUT2D eigenvalue weighted by atomic mass is 9.76. The molecule has 2 heterocycles. The third-order valence-corrected chi connectivity index (χ3v) is 4.77. The van der Waals surface area contributed by atoms with Gasteiger partial charge in [0, 0.05) is 6.54 Å². The fourth-order valence-corrected chi connectivity index (χ4v) is 3.51. The van der Waals surface area contributed by atoms with E-state index in [4.69, 9.17) is 4.42 Å². The number of carbonyl (C=O) groups is 1. The summed E-state index contributed by atoms with van der Waals surface area (Å²) in [5.41, 5.74) is -0.592. The van der Waals surface area contributed by atoms with Crippen molar-refractivity contribution in [2.45, 2.75) is 45.6 Å². The summed E-state index contributed by atoms with van der Waals surface area (Å²) < 4.78 is 6.33. The van der Waals surface area contributed by atoms with Crippen LogP contribution < -0.4 is 0 Å². The van der Waals surface area contributed by atoms with Crippen molar-refractivity contribution in [2.24, 2.45) is 5.41 Å². The fraction of sp³-hybridized carbons (Fsp3) is 0.667. The molecule has 1 aromatic rings. The van der Waals surface area contributed by atoms with E-state index in [1.165, 1.54) is 0 Å². The van der Waals surface area contributed by atoms with Gasteiger partial charge >= 0.3 is 5.97 Å². The van der Waals surface area contributed by atoms with E-state index in [0.29, 0.717) is 6.54 Å². The van der Waals surface area contributed by atoms with Crippen LogP contribution in [0.15, 0.2) is 21.2 Å². The second kappa shape index (κ2) is 6.31. The van der Waals surface area contributed by atoms with Gasteiger partial charge in [-0.25, -0.2) is 0 Å². The molecule has 1 fully saturated rings. The third-order valence-electron chi connectivity index (χ3n) is 4.34. The molecule has 4 nitrogen and oxygen atoms in total.